The fraction of sp³-hybridized carbons (Fsp3) is 0.789. The second kappa shape index (κ2) is 11.5. The molecule has 2 fully saturated rings. The van der Waals surface area contributed by atoms with E-state index < -0.39 is 10.0 Å². The lowest BCUT2D eigenvalue weighted by atomic mass is 9.86. The minimum Gasteiger partial charge on any atom is -0.357 e. The zero-order valence-corrected chi connectivity index (χ0v) is 20.6. The maximum Gasteiger partial charge on any atom is 0.213 e. The van der Waals surface area contributed by atoms with E-state index in [2.05, 4.69) is 36.4 Å². The Bertz CT molecular complexity index is 736. The fourth-order valence-corrected chi connectivity index (χ4v) is 4.77. The Morgan fingerprint density at radius 1 is 1.31 bits per heavy atom. The molecule has 8 nitrogen and oxygen atoms in total. The molecule has 2 aliphatic rings. The van der Waals surface area contributed by atoms with Crippen molar-refractivity contribution >= 4 is 40.0 Å². The van der Waals surface area contributed by atoms with Gasteiger partial charge in [0.1, 0.15) is 0 Å². The zero-order valence-electron chi connectivity index (χ0n) is 17.5. The van der Waals surface area contributed by atoms with Crippen LogP contribution in [0.3, 0.4) is 0 Å². The summed E-state index contributed by atoms with van der Waals surface area (Å²) in [6.07, 6.45) is 10.2. The van der Waals surface area contributed by atoms with Gasteiger partial charge >= 0.3 is 0 Å². The van der Waals surface area contributed by atoms with Gasteiger partial charge in [-0.15, -0.1) is 24.0 Å². The first kappa shape index (κ1) is 24.4. The third-order valence-electron chi connectivity index (χ3n) is 5.90. The molecule has 1 saturated heterocycles. The van der Waals surface area contributed by atoms with Gasteiger partial charge in [0.05, 0.1) is 24.7 Å². The number of hydrogen-bond donors (Lipinski definition) is 2. The molecular weight excluding hydrogens is 503 g/mol. The van der Waals surface area contributed by atoms with Crippen LogP contribution < -0.4 is 10.0 Å². The number of imidazole rings is 1. The van der Waals surface area contributed by atoms with Crippen LogP contribution in [0, 0.1) is 11.8 Å². The maximum atomic E-state index is 12.2. The molecule has 3 rings (SSSR count). The van der Waals surface area contributed by atoms with Gasteiger partial charge in [-0.25, -0.2) is 18.1 Å². The molecule has 2 unspecified atom stereocenters. The molecule has 0 bridgehead atoms. The van der Waals surface area contributed by atoms with Gasteiger partial charge in [-0.3, -0.25) is 4.99 Å². The highest BCUT2D eigenvalue weighted by molar-refractivity contribution is 14.0. The van der Waals surface area contributed by atoms with Crippen LogP contribution in [0.25, 0.3) is 0 Å². The first-order valence-corrected chi connectivity index (χ1v) is 12.1. The smallest absolute Gasteiger partial charge is 0.213 e. The molecule has 2 heterocycles. The molecule has 0 amide bonds. The summed E-state index contributed by atoms with van der Waals surface area (Å²) in [5.41, 5.74) is 0. The number of guanidine groups is 1. The first-order valence-electron chi connectivity index (χ1n) is 10.5. The minimum atomic E-state index is -3.26. The summed E-state index contributed by atoms with van der Waals surface area (Å²) in [5, 5.41) is 3.32. The topological polar surface area (TPSA) is 91.6 Å². The number of piperidine rings is 1. The summed E-state index contributed by atoms with van der Waals surface area (Å²) in [5.74, 6) is 1.91. The van der Waals surface area contributed by atoms with Crippen molar-refractivity contribution in [2.24, 2.45) is 16.8 Å². The first-order chi connectivity index (χ1) is 13.5. The lowest BCUT2D eigenvalue weighted by Gasteiger charge is -2.39. The molecule has 1 aromatic heterocycles. The van der Waals surface area contributed by atoms with Crippen LogP contribution in [-0.4, -0.2) is 67.3 Å². The summed E-state index contributed by atoms with van der Waals surface area (Å²) >= 11 is 0. The zero-order chi connectivity index (χ0) is 20.0. The van der Waals surface area contributed by atoms with Crippen LogP contribution in [0.4, 0.5) is 0 Å². The molecule has 0 radical (unpaired) electrons. The maximum absolute atomic E-state index is 12.2. The molecule has 1 aromatic rings. The van der Waals surface area contributed by atoms with Crippen molar-refractivity contribution in [3.8, 4) is 0 Å². The van der Waals surface area contributed by atoms with E-state index in [4.69, 9.17) is 0 Å². The Kier molecular flexibility index (Phi) is 9.67. The summed E-state index contributed by atoms with van der Waals surface area (Å²) in [7, 11) is -3.26. The Morgan fingerprint density at radius 2 is 2.10 bits per heavy atom. The van der Waals surface area contributed by atoms with E-state index in [-0.39, 0.29) is 36.3 Å². The van der Waals surface area contributed by atoms with Gasteiger partial charge in [0.2, 0.25) is 10.0 Å². The van der Waals surface area contributed by atoms with Gasteiger partial charge < -0.3 is 14.8 Å². The van der Waals surface area contributed by atoms with E-state index >= 15 is 0 Å². The van der Waals surface area contributed by atoms with Crippen LogP contribution in [0.5, 0.6) is 0 Å². The predicted molar refractivity (Wildman–Crippen MR) is 127 cm³/mol. The van der Waals surface area contributed by atoms with Crippen molar-refractivity contribution in [1.82, 2.24) is 24.5 Å². The van der Waals surface area contributed by atoms with E-state index in [1.165, 1.54) is 6.42 Å². The number of nitrogens with one attached hydrogen (secondary N) is 2. The van der Waals surface area contributed by atoms with E-state index in [0.717, 1.165) is 44.9 Å². The van der Waals surface area contributed by atoms with Crippen LogP contribution >= 0.6 is 24.0 Å². The molecule has 1 aliphatic carbocycles. The highest BCUT2D eigenvalue weighted by Gasteiger charge is 2.29. The third kappa shape index (κ3) is 7.09. The van der Waals surface area contributed by atoms with E-state index in [0.29, 0.717) is 24.4 Å². The van der Waals surface area contributed by atoms with Crippen LogP contribution in [0.15, 0.2) is 23.7 Å². The monoisotopic (exact) mass is 538 g/mol. The largest absolute Gasteiger partial charge is 0.357 e. The Hall–Kier alpha value is -0.880. The normalized spacial score (nSPS) is 23.4. The Labute approximate surface area is 192 Å². The highest BCUT2D eigenvalue weighted by Crippen LogP contribution is 2.27. The number of hydrogen-bond acceptors (Lipinski definition) is 4. The number of sulfonamides is 1. The van der Waals surface area contributed by atoms with Crippen molar-refractivity contribution in [2.75, 3.05) is 38.5 Å². The van der Waals surface area contributed by atoms with Crippen molar-refractivity contribution in [3.63, 3.8) is 0 Å². The predicted octanol–water partition coefficient (Wildman–Crippen LogP) is 2.07. The fourth-order valence-electron chi connectivity index (χ4n) is 3.81. The second-order valence-corrected chi connectivity index (χ2v) is 9.92. The standard InChI is InChI=1S/C19H34N6O2S.HI/c1-3-21-19(22-9-12-28(26,27)23-13-17-5-4-6-17)24-10-7-16(2)18(14-24)25-11-8-20-15-25;/h8,11,15-18,23H,3-7,9-10,12-14H2,1-2H3,(H,21,22);1H. The molecule has 2 N–H and O–H groups in total. The number of nitrogens with zero attached hydrogens (tertiary/aromatic N) is 4. The average molecular weight is 539 g/mol. The summed E-state index contributed by atoms with van der Waals surface area (Å²) in [6, 6.07) is 0.341. The molecule has 166 valence electrons. The molecule has 10 heteroatoms. The van der Waals surface area contributed by atoms with Crippen molar-refractivity contribution in [2.45, 2.75) is 45.6 Å². The number of aromatic nitrogens is 2. The lowest BCUT2D eigenvalue weighted by molar-refractivity contribution is 0.189. The molecular formula is C19H35IN6O2S. The van der Waals surface area contributed by atoms with Crippen LogP contribution in [0.1, 0.15) is 45.6 Å². The lowest BCUT2D eigenvalue weighted by Crippen LogP contribution is -2.49. The highest BCUT2D eigenvalue weighted by atomic mass is 127. The minimum absolute atomic E-state index is 0. The Balaban J connectivity index is 0.00000300. The number of likely N-dealkylation sites (tertiary alicyclic amines) is 1. The van der Waals surface area contributed by atoms with Crippen LogP contribution in [0.2, 0.25) is 0 Å². The van der Waals surface area contributed by atoms with Crippen molar-refractivity contribution in [1.29, 1.82) is 0 Å². The molecule has 1 saturated carbocycles. The van der Waals surface area contributed by atoms with Crippen molar-refractivity contribution in [3.05, 3.63) is 18.7 Å². The van der Waals surface area contributed by atoms with Crippen LogP contribution in [-0.2, 0) is 10.0 Å². The quantitative estimate of drug-likeness (QED) is 0.301. The van der Waals surface area contributed by atoms with E-state index in [9.17, 15) is 8.42 Å². The van der Waals surface area contributed by atoms with E-state index in [1.807, 2.05) is 25.6 Å². The van der Waals surface area contributed by atoms with Gasteiger partial charge in [-0.2, -0.15) is 0 Å². The summed E-state index contributed by atoms with van der Waals surface area (Å²) in [4.78, 5) is 11.0. The molecule has 1 aliphatic heterocycles. The third-order valence-corrected chi connectivity index (χ3v) is 7.23. The van der Waals surface area contributed by atoms with E-state index in [1.54, 1.807) is 0 Å². The number of aliphatic imine (C=N–C) groups is 1. The molecule has 0 spiro atoms. The van der Waals surface area contributed by atoms with Gasteiger partial charge in [-0.05, 0) is 38.0 Å². The second-order valence-electron chi connectivity index (χ2n) is 7.99. The molecule has 2 atom stereocenters. The van der Waals surface area contributed by atoms with Gasteiger partial charge in [0, 0.05) is 38.6 Å². The molecule has 29 heavy (non-hydrogen) atoms. The Morgan fingerprint density at radius 3 is 2.72 bits per heavy atom. The van der Waals surface area contributed by atoms with Crippen molar-refractivity contribution < 1.29 is 8.42 Å². The van der Waals surface area contributed by atoms with Gasteiger partial charge in [-0.1, -0.05) is 13.3 Å². The number of rotatable bonds is 8. The SMILES string of the molecule is CCNC(=NCCS(=O)(=O)NCC1CCC1)N1CCC(C)C(n2ccnc2)C1.I. The van der Waals surface area contributed by atoms with Gasteiger partial charge in [0.15, 0.2) is 5.96 Å². The number of halogens is 1. The summed E-state index contributed by atoms with van der Waals surface area (Å²) < 4.78 is 29.3. The summed E-state index contributed by atoms with van der Waals surface area (Å²) in [6.45, 7) is 7.67. The average Bonchev–Trinajstić information content (AvgIpc) is 3.14. The molecule has 0 aromatic carbocycles. The van der Waals surface area contributed by atoms with Gasteiger partial charge in [0.25, 0.3) is 0 Å².